The van der Waals surface area contributed by atoms with Crippen molar-refractivity contribution in [2.45, 2.75) is 31.7 Å². The maximum absolute atomic E-state index is 12.6. The minimum atomic E-state index is -0.0222. The van der Waals surface area contributed by atoms with E-state index in [1.165, 1.54) is 11.3 Å². The lowest BCUT2D eigenvalue weighted by Gasteiger charge is -2.20. The number of thiophene rings is 1. The number of hydrogen-bond acceptors (Lipinski definition) is 4. The molecule has 20 heavy (non-hydrogen) atoms. The molecule has 0 spiro atoms. The quantitative estimate of drug-likeness (QED) is 0.843. The van der Waals surface area contributed by atoms with E-state index < -0.39 is 0 Å². The number of carbonyl (C=O) groups excluding carboxylic acids is 1. The molecule has 0 aromatic carbocycles. The van der Waals surface area contributed by atoms with Gasteiger partial charge < -0.3 is 10.0 Å². The molecule has 1 saturated carbocycles. The first-order valence-corrected chi connectivity index (χ1v) is 7.51. The Morgan fingerprint density at radius 1 is 1.50 bits per heavy atom. The summed E-state index contributed by atoms with van der Waals surface area (Å²) in [5, 5.41) is 19.3. The standard InChI is InChI=1S/C15H16N2O2S/c16-8-3-9-17(13-5-6-13)15(19)14-12(7-11-20-14)4-1-2-10-18/h7,11,13,18H,2-3,5-6,9-10H2. The zero-order chi connectivity index (χ0) is 14.4. The third kappa shape index (κ3) is 3.60. The molecule has 104 valence electrons. The van der Waals surface area contributed by atoms with E-state index >= 15 is 0 Å². The van der Waals surface area contributed by atoms with Gasteiger partial charge in [0.1, 0.15) is 4.88 Å². The lowest BCUT2D eigenvalue weighted by Crippen LogP contribution is -2.33. The van der Waals surface area contributed by atoms with E-state index in [2.05, 4.69) is 17.9 Å². The zero-order valence-electron chi connectivity index (χ0n) is 11.1. The monoisotopic (exact) mass is 288 g/mol. The smallest absolute Gasteiger partial charge is 0.265 e. The average Bonchev–Trinajstić information content (AvgIpc) is 3.18. The first-order chi connectivity index (χ1) is 9.77. The van der Waals surface area contributed by atoms with Gasteiger partial charge in [0, 0.05) is 24.6 Å². The summed E-state index contributed by atoms with van der Waals surface area (Å²) in [6, 6.07) is 4.21. The first-order valence-electron chi connectivity index (χ1n) is 6.63. The number of nitrogens with zero attached hydrogens (tertiary/aromatic N) is 2. The maximum Gasteiger partial charge on any atom is 0.265 e. The van der Waals surface area contributed by atoms with Crippen LogP contribution >= 0.6 is 11.3 Å². The number of amides is 1. The topological polar surface area (TPSA) is 64.3 Å². The minimum Gasteiger partial charge on any atom is -0.395 e. The van der Waals surface area contributed by atoms with Crippen LogP contribution in [0.15, 0.2) is 11.4 Å². The molecule has 1 heterocycles. The SMILES string of the molecule is N#CCCN(C(=O)c1sccc1C#CCCO)C1CC1. The van der Waals surface area contributed by atoms with Crippen LogP contribution in [0.5, 0.6) is 0 Å². The average molecular weight is 288 g/mol. The molecular formula is C15H16N2O2S. The molecule has 1 aromatic rings. The van der Waals surface area contributed by atoms with Crippen LogP contribution in [0, 0.1) is 23.2 Å². The Labute approximate surface area is 122 Å². The van der Waals surface area contributed by atoms with Crippen LogP contribution in [0.4, 0.5) is 0 Å². The van der Waals surface area contributed by atoms with Crippen LogP contribution in [-0.2, 0) is 0 Å². The van der Waals surface area contributed by atoms with Crippen molar-refractivity contribution in [3.05, 3.63) is 21.9 Å². The van der Waals surface area contributed by atoms with Gasteiger partial charge >= 0.3 is 0 Å². The molecule has 5 heteroatoms. The Kier molecular flexibility index (Phi) is 5.17. The molecule has 1 aliphatic rings. The van der Waals surface area contributed by atoms with Crippen molar-refractivity contribution in [1.82, 2.24) is 4.90 Å². The highest BCUT2D eigenvalue weighted by Gasteiger charge is 2.33. The van der Waals surface area contributed by atoms with Crippen molar-refractivity contribution >= 4 is 17.2 Å². The van der Waals surface area contributed by atoms with Crippen LogP contribution in [0.1, 0.15) is 40.9 Å². The van der Waals surface area contributed by atoms with Crippen LogP contribution in [0.2, 0.25) is 0 Å². The number of nitriles is 1. The van der Waals surface area contributed by atoms with Gasteiger partial charge in [0.05, 0.1) is 19.1 Å². The normalized spacial score (nSPS) is 13.2. The molecule has 0 bridgehead atoms. The number of aliphatic hydroxyl groups is 1. The van der Waals surface area contributed by atoms with Crippen molar-refractivity contribution in [2.75, 3.05) is 13.2 Å². The second-order valence-electron chi connectivity index (χ2n) is 4.58. The minimum absolute atomic E-state index is 0.0222. The Bertz CT molecular complexity index is 573. The van der Waals surface area contributed by atoms with Gasteiger partial charge in [-0.2, -0.15) is 5.26 Å². The van der Waals surface area contributed by atoms with E-state index in [1.807, 2.05) is 11.4 Å². The first kappa shape index (κ1) is 14.6. The van der Waals surface area contributed by atoms with Crippen molar-refractivity contribution < 1.29 is 9.90 Å². The number of carbonyl (C=O) groups is 1. The molecule has 1 fully saturated rings. The number of aliphatic hydroxyl groups excluding tert-OH is 1. The Morgan fingerprint density at radius 3 is 2.95 bits per heavy atom. The third-order valence-corrected chi connectivity index (χ3v) is 3.93. The number of rotatable bonds is 5. The highest BCUT2D eigenvalue weighted by atomic mass is 32.1. The van der Waals surface area contributed by atoms with Crippen LogP contribution in [-0.4, -0.2) is 35.1 Å². The van der Waals surface area contributed by atoms with Gasteiger partial charge in [0.2, 0.25) is 0 Å². The van der Waals surface area contributed by atoms with Gasteiger partial charge in [-0.1, -0.05) is 11.8 Å². The summed E-state index contributed by atoms with van der Waals surface area (Å²) in [6.45, 7) is 0.512. The molecule has 2 rings (SSSR count). The Balaban J connectivity index is 2.13. The largest absolute Gasteiger partial charge is 0.395 e. The summed E-state index contributed by atoms with van der Waals surface area (Å²) in [6.07, 6.45) is 2.81. The molecule has 0 unspecified atom stereocenters. The van der Waals surface area contributed by atoms with E-state index in [0.29, 0.717) is 24.3 Å². The summed E-state index contributed by atoms with van der Waals surface area (Å²) >= 11 is 1.38. The molecule has 0 aliphatic heterocycles. The fourth-order valence-corrected chi connectivity index (χ4v) is 2.73. The summed E-state index contributed by atoms with van der Waals surface area (Å²) in [5.74, 6) is 5.75. The summed E-state index contributed by atoms with van der Waals surface area (Å²) in [4.78, 5) is 15.0. The summed E-state index contributed by atoms with van der Waals surface area (Å²) < 4.78 is 0. The molecule has 1 aromatic heterocycles. The van der Waals surface area contributed by atoms with E-state index in [9.17, 15) is 4.79 Å². The van der Waals surface area contributed by atoms with Gasteiger partial charge in [-0.25, -0.2) is 0 Å². The summed E-state index contributed by atoms with van der Waals surface area (Å²) in [5.41, 5.74) is 0.719. The van der Waals surface area contributed by atoms with Crippen molar-refractivity contribution in [1.29, 1.82) is 5.26 Å². The Hall–Kier alpha value is -1.82. The molecule has 0 atom stereocenters. The molecule has 0 radical (unpaired) electrons. The second kappa shape index (κ2) is 7.09. The van der Waals surface area contributed by atoms with Gasteiger partial charge in [0.15, 0.2) is 0 Å². The van der Waals surface area contributed by atoms with Crippen molar-refractivity contribution in [2.24, 2.45) is 0 Å². The second-order valence-corrected chi connectivity index (χ2v) is 5.49. The van der Waals surface area contributed by atoms with E-state index in [-0.39, 0.29) is 18.6 Å². The predicted octanol–water partition coefficient (Wildman–Crippen LogP) is 2.00. The lowest BCUT2D eigenvalue weighted by atomic mass is 10.2. The van der Waals surface area contributed by atoms with Gasteiger partial charge in [-0.05, 0) is 24.3 Å². The van der Waals surface area contributed by atoms with Crippen molar-refractivity contribution in [3.8, 4) is 17.9 Å². The van der Waals surface area contributed by atoms with Gasteiger partial charge in [-0.3, -0.25) is 4.79 Å². The van der Waals surface area contributed by atoms with Gasteiger partial charge in [0.25, 0.3) is 5.91 Å². The molecule has 1 N–H and O–H groups in total. The summed E-state index contributed by atoms with van der Waals surface area (Å²) in [7, 11) is 0. The third-order valence-electron chi connectivity index (χ3n) is 3.03. The van der Waals surface area contributed by atoms with Crippen LogP contribution < -0.4 is 0 Å². The molecule has 1 amide bonds. The van der Waals surface area contributed by atoms with E-state index in [4.69, 9.17) is 10.4 Å². The molecule has 0 saturated heterocycles. The van der Waals surface area contributed by atoms with E-state index in [0.717, 1.165) is 18.4 Å². The zero-order valence-corrected chi connectivity index (χ0v) is 11.9. The van der Waals surface area contributed by atoms with E-state index in [1.54, 1.807) is 4.90 Å². The Morgan fingerprint density at radius 2 is 2.30 bits per heavy atom. The van der Waals surface area contributed by atoms with Crippen LogP contribution in [0.3, 0.4) is 0 Å². The fraction of sp³-hybridized carbons (Fsp3) is 0.467. The van der Waals surface area contributed by atoms with Crippen LogP contribution in [0.25, 0.3) is 0 Å². The highest BCUT2D eigenvalue weighted by Crippen LogP contribution is 2.30. The molecule has 1 aliphatic carbocycles. The lowest BCUT2D eigenvalue weighted by molar-refractivity contribution is 0.0751. The predicted molar refractivity (Wildman–Crippen MR) is 77.2 cm³/mol. The number of hydrogen-bond donors (Lipinski definition) is 1. The molecule has 4 nitrogen and oxygen atoms in total. The van der Waals surface area contributed by atoms with Crippen molar-refractivity contribution in [3.63, 3.8) is 0 Å². The fourth-order valence-electron chi connectivity index (χ4n) is 1.92. The maximum atomic E-state index is 12.6. The van der Waals surface area contributed by atoms with Gasteiger partial charge in [-0.15, -0.1) is 11.3 Å². The highest BCUT2D eigenvalue weighted by molar-refractivity contribution is 7.12. The molecular weight excluding hydrogens is 272 g/mol.